The van der Waals surface area contributed by atoms with Crippen molar-refractivity contribution in [3.05, 3.63) is 48.0 Å². The fraction of sp³-hybridized carbons (Fsp3) is 0.250. The largest absolute Gasteiger partial charge is 0.324 e. The van der Waals surface area contributed by atoms with Crippen molar-refractivity contribution in [1.82, 2.24) is 25.0 Å². The quantitative estimate of drug-likeness (QED) is 0.775. The Morgan fingerprint density at radius 1 is 1.26 bits per heavy atom. The van der Waals surface area contributed by atoms with Crippen LogP contribution in [0.1, 0.15) is 24.4 Å². The Morgan fingerprint density at radius 2 is 2.00 bits per heavy atom. The Kier molecular flexibility index (Phi) is 3.92. The number of aryl methyl sites for hydroxylation is 2. The van der Waals surface area contributed by atoms with Gasteiger partial charge in [0, 0.05) is 16.9 Å². The van der Waals surface area contributed by atoms with Gasteiger partial charge in [-0.1, -0.05) is 0 Å². The Labute approximate surface area is 133 Å². The first kappa shape index (κ1) is 15.0. The molecule has 2 aromatic heterocycles. The minimum atomic E-state index is -0.377. The van der Waals surface area contributed by atoms with Gasteiger partial charge in [0.05, 0.1) is 5.69 Å². The van der Waals surface area contributed by atoms with Gasteiger partial charge in [0.2, 0.25) is 5.91 Å². The summed E-state index contributed by atoms with van der Waals surface area (Å²) in [6, 6.07) is 9.01. The first-order valence-electron chi connectivity index (χ1n) is 7.34. The third-order valence-electron chi connectivity index (χ3n) is 3.63. The van der Waals surface area contributed by atoms with Crippen LogP contribution in [-0.4, -0.2) is 30.9 Å². The van der Waals surface area contributed by atoms with Crippen LogP contribution >= 0.6 is 0 Å². The number of hydrogen-bond acceptors (Lipinski definition) is 4. The van der Waals surface area contributed by atoms with Gasteiger partial charge in [0.25, 0.3) is 0 Å². The zero-order valence-electron chi connectivity index (χ0n) is 13.2. The Balaban J connectivity index is 1.71. The molecule has 0 saturated carbocycles. The number of carbonyl (C=O) groups is 1. The summed E-state index contributed by atoms with van der Waals surface area (Å²) in [5.41, 5.74) is 3.50. The Hall–Kier alpha value is -2.96. The van der Waals surface area contributed by atoms with Crippen molar-refractivity contribution in [2.75, 3.05) is 5.32 Å². The SMILES string of the molecule is Cc1cc(C)n([C@@H](C)C(=O)Nc2ccc(-c3ncn[nH]3)cc2)n1. The molecule has 7 nitrogen and oxygen atoms in total. The van der Waals surface area contributed by atoms with E-state index in [-0.39, 0.29) is 11.9 Å². The third-order valence-corrected chi connectivity index (χ3v) is 3.63. The number of hydrogen-bond donors (Lipinski definition) is 2. The lowest BCUT2D eigenvalue weighted by atomic mass is 10.2. The number of H-pyrrole nitrogens is 1. The van der Waals surface area contributed by atoms with Gasteiger partial charge in [-0.15, -0.1) is 0 Å². The fourth-order valence-electron chi connectivity index (χ4n) is 2.45. The topological polar surface area (TPSA) is 88.5 Å². The average molecular weight is 310 g/mol. The van der Waals surface area contributed by atoms with Crippen LogP contribution in [0.15, 0.2) is 36.7 Å². The molecule has 0 unspecified atom stereocenters. The average Bonchev–Trinajstić information content (AvgIpc) is 3.17. The van der Waals surface area contributed by atoms with Gasteiger partial charge < -0.3 is 5.32 Å². The molecule has 0 radical (unpaired) electrons. The normalized spacial score (nSPS) is 12.1. The summed E-state index contributed by atoms with van der Waals surface area (Å²) in [6.07, 6.45) is 1.46. The summed E-state index contributed by atoms with van der Waals surface area (Å²) in [6.45, 7) is 5.68. The molecule has 1 aromatic carbocycles. The number of nitrogens with zero attached hydrogens (tertiary/aromatic N) is 4. The number of rotatable bonds is 4. The minimum absolute atomic E-state index is 0.108. The summed E-state index contributed by atoms with van der Waals surface area (Å²) in [4.78, 5) is 16.5. The highest BCUT2D eigenvalue weighted by atomic mass is 16.2. The van der Waals surface area contributed by atoms with Crippen LogP contribution in [0.25, 0.3) is 11.4 Å². The number of nitrogens with one attached hydrogen (secondary N) is 2. The summed E-state index contributed by atoms with van der Waals surface area (Å²) >= 11 is 0. The molecule has 0 fully saturated rings. The van der Waals surface area contributed by atoms with Gasteiger partial charge in [0.15, 0.2) is 5.82 Å². The van der Waals surface area contributed by atoms with E-state index in [1.807, 2.05) is 51.1 Å². The number of aromatic nitrogens is 5. The van der Waals surface area contributed by atoms with Crippen molar-refractivity contribution in [2.45, 2.75) is 26.8 Å². The summed E-state index contributed by atoms with van der Waals surface area (Å²) in [5.74, 6) is 0.586. The van der Waals surface area contributed by atoms with Crippen LogP contribution in [0.2, 0.25) is 0 Å². The van der Waals surface area contributed by atoms with Crippen molar-refractivity contribution in [1.29, 1.82) is 0 Å². The number of carbonyl (C=O) groups excluding carboxylic acids is 1. The lowest BCUT2D eigenvalue weighted by molar-refractivity contribution is -0.119. The summed E-state index contributed by atoms with van der Waals surface area (Å²) < 4.78 is 1.73. The van der Waals surface area contributed by atoms with E-state index in [9.17, 15) is 4.79 Å². The Morgan fingerprint density at radius 3 is 2.57 bits per heavy atom. The zero-order chi connectivity index (χ0) is 16.4. The highest BCUT2D eigenvalue weighted by molar-refractivity contribution is 5.93. The highest BCUT2D eigenvalue weighted by Gasteiger charge is 2.18. The predicted molar refractivity (Wildman–Crippen MR) is 86.9 cm³/mol. The van der Waals surface area contributed by atoms with E-state index in [1.165, 1.54) is 6.33 Å². The molecule has 2 N–H and O–H groups in total. The molecule has 0 bridgehead atoms. The monoisotopic (exact) mass is 310 g/mol. The van der Waals surface area contributed by atoms with Gasteiger partial charge in [-0.2, -0.15) is 10.2 Å². The second-order valence-electron chi connectivity index (χ2n) is 5.45. The molecule has 0 aliphatic heterocycles. The van der Waals surface area contributed by atoms with Crippen molar-refractivity contribution in [3.63, 3.8) is 0 Å². The van der Waals surface area contributed by atoms with Gasteiger partial charge >= 0.3 is 0 Å². The van der Waals surface area contributed by atoms with Crippen LogP contribution in [0.5, 0.6) is 0 Å². The van der Waals surface area contributed by atoms with E-state index >= 15 is 0 Å². The van der Waals surface area contributed by atoms with E-state index in [0.29, 0.717) is 5.82 Å². The van der Waals surface area contributed by atoms with Crippen molar-refractivity contribution < 1.29 is 4.79 Å². The van der Waals surface area contributed by atoms with Crippen molar-refractivity contribution in [3.8, 4) is 11.4 Å². The van der Waals surface area contributed by atoms with Crippen LogP contribution in [-0.2, 0) is 4.79 Å². The summed E-state index contributed by atoms with van der Waals surface area (Å²) in [5, 5.41) is 13.9. The van der Waals surface area contributed by atoms with Gasteiger partial charge in [-0.05, 0) is 51.1 Å². The van der Waals surface area contributed by atoms with Gasteiger partial charge in [-0.3, -0.25) is 14.6 Å². The number of anilines is 1. The molecular weight excluding hydrogens is 292 g/mol. The van der Waals surface area contributed by atoms with Crippen LogP contribution in [0.3, 0.4) is 0 Å². The first-order chi connectivity index (χ1) is 11.0. The molecule has 1 amide bonds. The molecule has 3 aromatic rings. The number of amides is 1. The fourth-order valence-corrected chi connectivity index (χ4v) is 2.45. The molecule has 1 atom stereocenters. The maximum atomic E-state index is 12.4. The predicted octanol–water partition coefficient (Wildman–Crippen LogP) is 2.48. The number of benzene rings is 1. The minimum Gasteiger partial charge on any atom is -0.324 e. The Bertz CT molecular complexity index is 804. The van der Waals surface area contributed by atoms with Crippen LogP contribution in [0.4, 0.5) is 5.69 Å². The lowest BCUT2D eigenvalue weighted by Gasteiger charge is -2.14. The van der Waals surface area contributed by atoms with Crippen molar-refractivity contribution in [2.24, 2.45) is 0 Å². The summed E-state index contributed by atoms with van der Waals surface area (Å²) in [7, 11) is 0. The number of aromatic amines is 1. The van der Waals surface area contributed by atoms with E-state index in [4.69, 9.17) is 0 Å². The molecule has 118 valence electrons. The molecule has 0 aliphatic carbocycles. The molecule has 0 saturated heterocycles. The molecule has 3 rings (SSSR count). The maximum absolute atomic E-state index is 12.4. The molecular formula is C16H18N6O. The van der Waals surface area contributed by atoms with E-state index in [1.54, 1.807) is 4.68 Å². The zero-order valence-corrected chi connectivity index (χ0v) is 13.2. The lowest BCUT2D eigenvalue weighted by Crippen LogP contribution is -2.25. The molecule has 2 heterocycles. The second-order valence-corrected chi connectivity index (χ2v) is 5.45. The van der Waals surface area contributed by atoms with Gasteiger partial charge in [-0.25, -0.2) is 4.98 Å². The third kappa shape index (κ3) is 3.13. The van der Waals surface area contributed by atoms with Crippen molar-refractivity contribution >= 4 is 11.6 Å². The molecule has 7 heteroatoms. The second kappa shape index (κ2) is 6.04. The van der Waals surface area contributed by atoms with Gasteiger partial charge in [0.1, 0.15) is 12.4 Å². The standard InChI is InChI=1S/C16H18N6O/c1-10-8-11(2)22(21-10)12(3)16(23)19-14-6-4-13(5-7-14)15-17-9-18-20-15/h4-9,12H,1-3H3,(H,19,23)(H,17,18,20)/t12-/m0/s1. The highest BCUT2D eigenvalue weighted by Crippen LogP contribution is 2.19. The molecule has 0 spiro atoms. The maximum Gasteiger partial charge on any atom is 0.248 e. The molecule has 23 heavy (non-hydrogen) atoms. The van der Waals surface area contributed by atoms with E-state index < -0.39 is 0 Å². The first-order valence-corrected chi connectivity index (χ1v) is 7.34. The van der Waals surface area contributed by atoms with Crippen LogP contribution in [0, 0.1) is 13.8 Å². The molecule has 0 aliphatic rings. The smallest absolute Gasteiger partial charge is 0.248 e. The van der Waals surface area contributed by atoms with E-state index in [2.05, 4.69) is 25.6 Å². The van der Waals surface area contributed by atoms with E-state index in [0.717, 1.165) is 22.6 Å². The van der Waals surface area contributed by atoms with Crippen LogP contribution < -0.4 is 5.32 Å².